The van der Waals surface area contributed by atoms with Crippen LogP contribution in [0, 0.1) is 11.8 Å². The molecule has 0 aromatic heterocycles. The molecule has 0 spiro atoms. The molecule has 5 heteroatoms. The molecule has 1 unspecified atom stereocenters. The number of hydrogen-bond acceptors (Lipinski definition) is 3. The molecular weight excluding hydrogens is 232 g/mol. The standard InChI is InChI=1S/C13H24N2O3/c1-10-4-6-15(7-5-10)12(16)9-14(3)8-11(2)13(17)18/h10-11H,4-9H2,1-3H3,(H,17,18). The number of rotatable bonds is 5. The van der Waals surface area contributed by atoms with Crippen molar-refractivity contribution in [1.82, 2.24) is 9.80 Å². The van der Waals surface area contributed by atoms with Crippen molar-refractivity contribution < 1.29 is 14.7 Å². The number of likely N-dealkylation sites (tertiary alicyclic amines) is 1. The Kier molecular flexibility index (Phi) is 5.59. The predicted octanol–water partition coefficient (Wildman–Crippen LogP) is 0.897. The van der Waals surface area contributed by atoms with Crippen molar-refractivity contribution >= 4 is 11.9 Å². The highest BCUT2D eigenvalue weighted by molar-refractivity contribution is 5.78. The van der Waals surface area contributed by atoms with E-state index >= 15 is 0 Å². The van der Waals surface area contributed by atoms with Crippen LogP contribution in [0.25, 0.3) is 0 Å². The van der Waals surface area contributed by atoms with Gasteiger partial charge in [-0.05, 0) is 25.8 Å². The molecule has 1 atom stereocenters. The minimum atomic E-state index is -0.818. The fourth-order valence-electron chi connectivity index (χ4n) is 2.20. The Hall–Kier alpha value is -1.10. The highest BCUT2D eigenvalue weighted by Gasteiger charge is 2.22. The van der Waals surface area contributed by atoms with Gasteiger partial charge in [0.05, 0.1) is 12.5 Å². The number of amides is 1. The maximum absolute atomic E-state index is 12.0. The molecular formula is C13H24N2O3. The van der Waals surface area contributed by atoms with Crippen molar-refractivity contribution in [2.24, 2.45) is 11.8 Å². The molecule has 1 saturated heterocycles. The maximum Gasteiger partial charge on any atom is 0.307 e. The Bertz CT molecular complexity index is 299. The van der Waals surface area contributed by atoms with Crippen LogP contribution in [0.5, 0.6) is 0 Å². The highest BCUT2D eigenvalue weighted by atomic mass is 16.4. The summed E-state index contributed by atoms with van der Waals surface area (Å²) in [7, 11) is 1.80. The maximum atomic E-state index is 12.0. The third-order valence-electron chi connectivity index (χ3n) is 3.55. The predicted molar refractivity (Wildman–Crippen MR) is 69.3 cm³/mol. The minimum Gasteiger partial charge on any atom is -0.481 e. The molecule has 1 aliphatic rings. The summed E-state index contributed by atoms with van der Waals surface area (Å²) in [5, 5.41) is 8.82. The van der Waals surface area contributed by atoms with Crippen LogP contribution in [0.4, 0.5) is 0 Å². The first kappa shape index (κ1) is 15.0. The molecule has 1 amide bonds. The third kappa shape index (κ3) is 4.64. The van der Waals surface area contributed by atoms with E-state index in [-0.39, 0.29) is 5.91 Å². The Morgan fingerprint density at radius 3 is 2.44 bits per heavy atom. The fourth-order valence-corrected chi connectivity index (χ4v) is 2.20. The Morgan fingerprint density at radius 2 is 1.94 bits per heavy atom. The van der Waals surface area contributed by atoms with E-state index in [1.165, 1.54) is 0 Å². The monoisotopic (exact) mass is 256 g/mol. The number of nitrogens with zero attached hydrogens (tertiary/aromatic N) is 2. The van der Waals surface area contributed by atoms with Gasteiger partial charge in [0.25, 0.3) is 0 Å². The van der Waals surface area contributed by atoms with E-state index in [4.69, 9.17) is 5.11 Å². The van der Waals surface area contributed by atoms with Gasteiger partial charge in [0.15, 0.2) is 0 Å². The first-order valence-electron chi connectivity index (χ1n) is 6.59. The Labute approximate surface area is 109 Å². The second-order valence-electron chi connectivity index (χ2n) is 5.50. The summed E-state index contributed by atoms with van der Waals surface area (Å²) >= 11 is 0. The zero-order valence-corrected chi connectivity index (χ0v) is 11.6. The molecule has 0 aliphatic carbocycles. The van der Waals surface area contributed by atoms with Gasteiger partial charge in [0, 0.05) is 19.6 Å². The molecule has 18 heavy (non-hydrogen) atoms. The summed E-state index contributed by atoms with van der Waals surface area (Å²) in [4.78, 5) is 26.4. The molecule has 0 bridgehead atoms. The van der Waals surface area contributed by atoms with Crippen LogP contribution in [-0.4, -0.2) is 60.0 Å². The molecule has 0 radical (unpaired) electrons. The molecule has 1 aliphatic heterocycles. The van der Waals surface area contributed by atoms with Crippen LogP contribution in [-0.2, 0) is 9.59 Å². The number of carbonyl (C=O) groups excluding carboxylic acids is 1. The highest BCUT2D eigenvalue weighted by Crippen LogP contribution is 2.16. The van der Waals surface area contributed by atoms with Crippen molar-refractivity contribution in [2.75, 3.05) is 33.2 Å². The number of likely N-dealkylation sites (N-methyl/N-ethyl adjacent to an activating group) is 1. The number of piperidine rings is 1. The summed E-state index contributed by atoms with van der Waals surface area (Å²) < 4.78 is 0. The van der Waals surface area contributed by atoms with E-state index in [1.807, 2.05) is 4.90 Å². The van der Waals surface area contributed by atoms with E-state index in [0.717, 1.165) is 25.9 Å². The van der Waals surface area contributed by atoms with Crippen molar-refractivity contribution in [3.05, 3.63) is 0 Å². The van der Waals surface area contributed by atoms with Gasteiger partial charge in [-0.15, -0.1) is 0 Å². The van der Waals surface area contributed by atoms with Crippen LogP contribution in [0.3, 0.4) is 0 Å². The van der Waals surface area contributed by atoms with Gasteiger partial charge >= 0.3 is 5.97 Å². The van der Waals surface area contributed by atoms with Crippen molar-refractivity contribution in [1.29, 1.82) is 0 Å². The largest absolute Gasteiger partial charge is 0.481 e. The van der Waals surface area contributed by atoms with Gasteiger partial charge in [-0.1, -0.05) is 13.8 Å². The van der Waals surface area contributed by atoms with E-state index in [0.29, 0.717) is 19.0 Å². The Morgan fingerprint density at radius 1 is 1.39 bits per heavy atom. The smallest absolute Gasteiger partial charge is 0.307 e. The molecule has 1 rings (SSSR count). The summed E-state index contributed by atoms with van der Waals surface area (Å²) in [6.45, 7) is 6.26. The van der Waals surface area contributed by atoms with Crippen LogP contribution in [0.2, 0.25) is 0 Å². The molecule has 0 saturated carbocycles. The van der Waals surface area contributed by atoms with Crippen LogP contribution in [0.1, 0.15) is 26.7 Å². The van der Waals surface area contributed by atoms with Gasteiger partial charge in [0.1, 0.15) is 0 Å². The number of carbonyl (C=O) groups is 2. The normalized spacial score (nSPS) is 19.0. The molecule has 0 aromatic carbocycles. The first-order chi connectivity index (χ1) is 8.40. The van der Waals surface area contributed by atoms with Crippen LogP contribution >= 0.6 is 0 Å². The van der Waals surface area contributed by atoms with E-state index in [1.54, 1.807) is 18.9 Å². The van der Waals surface area contributed by atoms with Crippen molar-refractivity contribution in [3.63, 3.8) is 0 Å². The number of carboxylic acids is 1. The summed E-state index contributed by atoms with van der Waals surface area (Å²) in [6.07, 6.45) is 2.14. The van der Waals surface area contributed by atoms with E-state index in [9.17, 15) is 9.59 Å². The number of hydrogen-bond donors (Lipinski definition) is 1. The number of aliphatic carboxylic acids is 1. The van der Waals surface area contributed by atoms with Gasteiger partial charge in [0.2, 0.25) is 5.91 Å². The molecule has 5 nitrogen and oxygen atoms in total. The van der Waals surface area contributed by atoms with Crippen LogP contribution < -0.4 is 0 Å². The fraction of sp³-hybridized carbons (Fsp3) is 0.846. The Balaban J connectivity index is 2.33. The van der Waals surface area contributed by atoms with E-state index in [2.05, 4.69) is 6.92 Å². The molecule has 1 N–H and O–H groups in total. The molecule has 1 fully saturated rings. The summed E-state index contributed by atoms with van der Waals surface area (Å²) in [5.74, 6) is -0.439. The lowest BCUT2D eigenvalue weighted by Gasteiger charge is -2.31. The van der Waals surface area contributed by atoms with Gasteiger partial charge in [-0.25, -0.2) is 0 Å². The minimum absolute atomic E-state index is 0.113. The molecule has 1 heterocycles. The molecule has 104 valence electrons. The third-order valence-corrected chi connectivity index (χ3v) is 3.55. The summed E-state index contributed by atoms with van der Waals surface area (Å²) in [6, 6.07) is 0. The quantitative estimate of drug-likeness (QED) is 0.794. The summed E-state index contributed by atoms with van der Waals surface area (Å²) in [5.41, 5.74) is 0. The van der Waals surface area contributed by atoms with Crippen molar-refractivity contribution in [3.8, 4) is 0 Å². The molecule has 0 aromatic rings. The SMILES string of the molecule is CC1CCN(C(=O)CN(C)CC(C)C(=O)O)CC1. The van der Waals surface area contributed by atoms with Crippen molar-refractivity contribution in [2.45, 2.75) is 26.7 Å². The zero-order valence-electron chi connectivity index (χ0n) is 11.6. The average Bonchev–Trinajstić information content (AvgIpc) is 2.29. The zero-order chi connectivity index (χ0) is 13.7. The lowest BCUT2D eigenvalue weighted by atomic mass is 9.99. The second kappa shape index (κ2) is 6.73. The second-order valence-corrected chi connectivity index (χ2v) is 5.50. The van der Waals surface area contributed by atoms with E-state index < -0.39 is 11.9 Å². The lowest BCUT2D eigenvalue weighted by molar-refractivity contribution is -0.142. The van der Waals surface area contributed by atoms with Gasteiger partial charge < -0.3 is 10.0 Å². The van der Waals surface area contributed by atoms with Crippen LogP contribution in [0.15, 0.2) is 0 Å². The first-order valence-corrected chi connectivity index (χ1v) is 6.59. The average molecular weight is 256 g/mol. The van der Waals surface area contributed by atoms with Gasteiger partial charge in [-0.3, -0.25) is 14.5 Å². The number of carboxylic acid groups (broad SMARTS) is 1. The van der Waals surface area contributed by atoms with Gasteiger partial charge in [-0.2, -0.15) is 0 Å². The topological polar surface area (TPSA) is 60.9 Å². The lowest BCUT2D eigenvalue weighted by Crippen LogP contribution is -2.44.